The molecule has 0 N–H and O–H groups in total. The first-order valence-electron chi connectivity index (χ1n) is 8.56. The van der Waals surface area contributed by atoms with Crippen molar-refractivity contribution in [2.24, 2.45) is 0 Å². The lowest BCUT2D eigenvalue weighted by Gasteiger charge is -2.20. The number of fused-ring (bicyclic) bond motifs is 1. The Morgan fingerprint density at radius 3 is 2.64 bits per heavy atom. The van der Waals surface area contributed by atoms with Gasteiger partial charge < -0.3 is 0 Å². The molecule has 0 aliphatic carbocycles. The molecule has 140 valence electrons. The van der Waals surface area contributed by atoms with Gasteiger partial charge in [-0.2, -0.15) is 0 Å². The number of rotatable bonds is 4. The molecule has 0 spiro atoms. The highest BCUT2D eigenvalue weighted by molar-refractivity contribution is 9.10. The van der Waals surface area contributed by atoms with Gasteiger partial charge in [-0.25, -0.2) is 4.98 Å². The highest BCUT2D eigenvalue weighted by Gasteiger charge is 2.24. The maximum atomic E-state index is 13.4. The molecule has 0 unspecified atom stereocenters. The molecule has 0 radical (unpaired) electrons. The predicted octanol–water partition coefficient (Wildman–Crippen LogP) is 6.26. The number of hydrogen-bond donors (Lipinski definition) is 0. The van der Waals surface area contributed by atoms with Crippen LogP contribution < -0.4 is 4.90 Å². The van der Waals surface area contributed by atoms with E-state index in [2.05, 4.69) is 20.9 Å². The Bertz CT molecular complexity index is 1120. The van der Waals surface area contributed by atoms with Crippen LogP contribution in [0.25, 0.3) is 10.2 Å². The molecular formula is C21H15BrClN3OS. The quantitative estimate of drug-likeness (QED) is 0.352. The summed E-state index contributed by atoms with van der Waals surface area (Å²) in [6.07, 6.45) is 1.72. The molecule has 4 rings (SSSR count). The van der Waals surface area contributed by atoms with Gasteiger partial charge in [-0.1, -0.05) is 47.2 Å². The number of aromatic nitrogens is 2. The van der Waals surface area contributed by atoms with Gasteiger partial charge >= 0.3 is 0 Å². The van der Waals surface area contributed by atoms with Gasteiger partial charge in [-0.15, -0.1) is 0 Å². The van der Waals surface area contributed by atoms with Crippen LogP contribution in [-0.4, -0.2) is 15.9 Å². The summed E-state index contributed by atoms with van der Waals surface area (Å²) in [6, 6.07) is 16.8. The third kappa shape index (κ3) is 3.68. The molecule has 0 aliphatic rings. The molecular weight excluding hydrogens is 458 g/mol. The summed E-state index contributed by atoms with van der Waals surface area (Å²) in [6.45, 7) is 2.30. The van der Waals surface area contributed by atoms with Crippen LogP contribution in [0.4, 0.5) is 5.13 Å². The normalized spacial score (nSPS) is 11.0. The minimum atomic E-state index is -0.147. The van der Waals surface area contributed by atoms with Crippen LogP contribution in [0.2, 0.25) is 5.02 Å². The van der Waals surface area contributed by atoms with Crippen LogP contribution in [0.3, 0.4) is 0 Å². The van der Waals surface area contributed by atoms with E-state index >= 15 is 0 Å². The zero-order valence-corrected chi connectivity index (χ0v) is 18.1. The lowest BCUT2D eigenvalue weighted by atomic mass is 10.2. The monoisotopic (exact) mass is 471 g/mol. The number of halogens is 2. The van der Waals surface area contributed by atoms with Crippen LogP contribution >= 0.6 is 38.9 Å². The Balaban J connectivity index is 1.83. The van der Waals surface area contributed by atoms with Gasteiger partial charge in [0, 0.05) is 10.7 Å². The Kier molecular flexibility index (Phi) is 5.44. The van der Waals surface area contributed by atoms with E-state index in [1.54, 1.807) is 17.2 Å². The van der Waals surface area contributed by atoms with Crippen molar-refractivity contribution in [1.82, 2.24) is 9.97 Å². The summed E-state index contributed by atoms with van der Waals surface area (Å²) in [5.74, 6) is -0.147. The first-order valence-corrected chi connectivity index (χ1v) is 10.6. The Hall–Kier alpha value is -2.28. The number of amides is 1. The van der Waals surface area contributed by atoms with Crippen molar-refractivity contribution in [3.63, 3.8) is 0 Å². The maximum Gasteiger partial charge on any atom is 0.261 e. The van der Waals surface area contributed by atoms with Crippen LogP contribution in [0.1, 0.15) is 21.6 Å². The maximum absolute atomic E-state index is 13.4. The molecule has 4 aromatic rings. The standard InChI is InChI=1S/C21H15BrClN3OS/c1-13-9-10-17(23)19-18(13)25-21(28-19)26(12-14-6-4-5-11-24-14)20(27)15-7-2-3-8-16(15)22/h2-11H,12H2,1H3. The van der Waals surface area contributed by atoms with E-state index in [0.29, 0.717) is 22.3 Å². The van der Waals surface area contributed by atoms with E-state index in [4.69, 9.17) is 16.6 Å². The minimum Gasteiger partial charge on any atom is -0.278 e. The van der Waals surface area contributed by atoms with Crippen LogP contribution in [0, 0.1) is 6.92 Å². The molecule has 0 bridgehead atoms. The zero-order valence-electron chi connectivity index (χ0n) is 14.9. The fourth-order valence-corrected chi connectivity index (χ4v) is 4.63. The molecule has 2 aromatic carbocycles. The van der Waals surface area contributed by atoms with Crippen LogP contribution in [-0.2, 0) is 6.54 Å². The number of aryl methyl sites for hydroxylation is 1. The number of anilines is 1. The summed E-state index contributed by atoms with van der Waals surface area (Å²) < 4.78 is 1.61. The molecule has 4 nitrogen and oxygen atoms in total. The molecule has 2 aromatic heterocycles. The average molecular weight is 473 g/mol. The topological polar surface area (TPSA) is 46.1 Å². The number of hydrogen-bond acceptors (Lipinski definition) is 4. The van der Waals surface area contributed by atoms with Gasteiger partial charge in [0.05, 0.1) is 33.0 Å². The first kappa shape index (κ1) is 19.1. The van der Waals surface area contributed by atoms with Crippen molar-refractivity contribution in [1.29, 1.82) is 0 Å². The molecule has 0 aliphatic heterocycles. The van der Waals surface area contributed by atoms with Crippen molar-refractivity contribution in [2.75, 3.05) is 4.90 Å². The van der Waals surface area contributed by atoms with E-state index in [1.165, 1.54) is 11.3 Å². The van der Waals surface area contributed by atoms with Gasteiger partial charge in [0.25, 0.3) is 5.91 Å². The number of thiazole rings is 1. The fraction of sp³-hybridized carbons (Fsp3) is 0.0952. The molecule has 2 heterocycles. The van der Waals surface area contributed by atoms with Gasteiger partial charge in [-0.05, 0) is 58.7 Å². The molecule has 0 saturated carbocycles. The molecule has 1 amide bonds. The van der Waals surface area contributed by atoms with E-state index in [1.807, 2.05) is 55.5 Å². The summed E-state index contributed by atoms with van der Waals surface area (Å²) in [4.78, 5) is 24.2. The first-order chi connectivity index (χ1) is 13.5. The summed E-state index contributed by atoms with van der Waals surface area (Å²) >= 11 is 11.3. The number of benzene rings is 2. The Morgan fingerprint density at radius 2 is 1.93 bits per heavy atom. The second-order valence-electron chi connectivity index (χ2n) is 6.23. The van der Waals surface area contributed by atoms with Crippen molar-refractivity contribution in [2.45, 2.75) is 13.5 Å². The fourth-order valence-electron chi connectivity index (χ4n) is 2.87. The Labute approximate surface area is 179 Å². The van der Waals surface area contributed by atoms with E-state index in [-0.39, 0.29) is 5.91 Å². The number of carbonyl (C=O) groups is 1. The molecule has 28 heavy (non-hydrogen) atoms. The second kappa shape index (κ2) is 7.99. The number of nitrogens with zero attached hydrogens (tertiary/aromatic N) is 3. The highest BCUT2D eigenvalue weighted by Crippen LogP contribution is 2.37. The lowest BCUT2D eigenvalue weighted by molar-refractivity contribution is 0.0984. The Morgan fingerprint density at radius 1 is 1.14 bits per heavy atom. The summed E-state index contributed by atoms with van der Waals surface area (Å²) in [5.41, 5.74) is 3.19. The third-order valence-electron chi connectivity index (χ3n) is 4.31. The molecule has 0 atom stereocenters. The predicted molar refractivity (Wildman–Crippen MR) is 118 cm³/mol. The van der Waals surface area contributed by atoms with Crippen molar-refractivity contribution in [3.8, 4) is 0 Å². The van der Waals surface area contributed by atoms with E-state index in [0.717, 1.165) is 25.9 Å². The average Bonchev–Trinajstić information content (AvgIpc) is 3.16. The van der Waals surface area contributed by atoms with E-state index in [9.17, 15) is 4.79 Å². The van der Waals surface area contributed by atoms with Crippen LogP contribution in [0.15, 0.2) is 65.3 Å². The second-order valence-corrected chi connectivity index (χ2v) is 8.47. The molecule has 0 saturated heterocycles. The molecule has 7 heteroatoms. The minimum absolute atomic E-state index is 0.147. The largest absolute Gasteiger partial charge is 0.278 e. The van der Waals surface area contributed by atoms with Gasteiger partial charge in [0.15, 0.2) is 5.13 Å². The van der Waals surface area contributed by atoms with Crippen LogP contribution in [0.5, 0.6) is 0 Å². The van der Waals surface area contributed by atoms with E-state index < -0.39 is 0 Å². The smallest absolute Gasteiger partial charge is 0.261 e. The van der Waals surface area contributed by atoms with Crippen molar-refractivity contribution >= 4 is 60.1 Å². The highest BCUT2D eigenvalue weighted by atomic mass is 79.9. The summed E-state index contributed by atoms with van der Waals surface area (Å²) in [5, 5.41) is 1.23. The van der Waals surface area contributed by atoms with Gasteiger partial charge in [-0.3, -0.25) is 14.7 Å². The third-order valence-corrected chi connectivity index (χ3v) is 6.54. The summed E-state index contributed by atoms with van der Waals surface area (Å²) in [7, 11) is 0. The molecule has 0 fully saturated rings. The number of carbonyl (C=O) groups excluding carboxylic acids is 1. The lowest BCUT2D eigenvalue weighted by Crippen LogP contribution is -2.31. The SMILES string of the molecule is Cc1ccc(Cl)c2sc(N(Cc3ccccn3)C(=O)c3ccccc3Br)nc12. The van der Waals surface area contributed by atoms with Crippen molar-refractivity contribution < 1.29 is 4.79 Å². The zero-order chi connectivity index (χ0) is 19.7. The van der Waals surface area contributed by atoms with Crippen molar-refractivity contribution in [3.05, 3.63) is 87.1 Å². The van der Waals surface area contributed by atoms with Gasteiger partial charge in [0.2, 0.25) is 0 Å². The van der Waals surface area contributed by atoms with Gasteiger partial charge in [0.1, 0.15) is 0 Å². The number of pyridine rings is 1.